The lowest BCUT2D eigenvalue weighted by molar-refractivity contribution is 1.14. The first-order valence-corrected chi connectivity index (χ1v) is 3.47. The highest BCUT2D eigenvalue weighted by Gasteiger charge is 1.91. The Bertz CT molecular complexity index is 223. The summed E-state index contributed by atoms with van der Waals surface area (Å²) in [5.74, 6) is 0. The molecule has 0 fully saturated rings. The molecule has 1 N–H and O–H groups in total. The average Bonchev–Trinajstić information content (AvgIpc) is 2.31. The Morgan fingerprint density at radius 2 is 2.40 bits per heavy atom. The number of H-pyrrole nitrogens is 1. The monoisotopic (exact) mass is 136 g/mol. The normalized spacial score (nSPS) is 11.0. The molecule has 2 heteroatoms. The predicted molar refractivity (Wildman–Crippen MR) is 43.7 cm³/mol. The van der Waals surface area contributed by atoms with Crippen molar-refractivity contribution in [2.75, 3.05) is 6.54 Å². The van der Waals surface area contributed by atoms with Gasteiger partial charge in [-0.3, -0.25) is 4.99 Å². The van der Waals surface area contributed by atoms with Gasteiger partial charge < -0.3 is 4.98 Å². The lowest BCUT2D eigenvalue weighted by Gasteiger charge is -1.85. The molecular weight excluding hydrogens is 124 g/mol. The van der Waals surface area contributed by atoms with Gasteiger partial charge in [0.15, 0.2) is 0 Å². The minimum atomic E-state index is 0.852. The summed E-state index contributed by atoms with van der Waals surface area (Å²) in [6, 6.07) is 0. The number of nitrogens with zero attached hydrogens (tertiary/aromatic N) is 1. The zero-order valence-electron chi connectivity index (χ0n) is 6.39. The molecule has 0 unspecified atom stereocenters. The first kappa shape index (κ1) is 7.06. The number of aromatic nitrogens is 1. The zero-order chi connectivity index (χ0) is 7.40. The van der Waals surface area contributed by atoms with E-state index >= 15 is 0 Å². The van der Waals surface area contributed by atoms with Crippen LogP contribution < -0.4 is 0 Å². The Morgan fingerprint density at radius 3 is 2.90 bits per heavy atom. The number of aromatic amines is 1. The van der Waals surface area contributed by atoms with Crippen molar-refractivity contribution >= 4 is 6.21 Å². The largest absolute Gasteiger partial charge is 0.367 e. The van der Waals surface area contributed by atoms with Gasteiger partial charge in [0.05, 0.1) is 0 Å². The third kappa shape index (κ3) is 1.47. The van der Waals surface area contributed by atoms with E-state index in [4.69, 9.17) is 0 Å². The van der Waals surface area contributed by atoms with Crippen molar-refractivity contribution in [2.24, 2.45) is 4.99 Å². The molecule has 0 atom stereocenters. The first-order valence-electron chi connectivity index (χ1n) is 3.47. The van der Waals surface area contributed by atoms with Gasteiger partial charge in [0, 0.05) is 30.7 Å². The molecule has 0 aliphatic rings. The molecule has 0 saturated heterocycles. The molecule has 0 bridgehead atoms. The molecule has 0 radical (unpaired) electrons. The maximum absolute atomic E-state index is 4.13. The quantitative estimate of drug-likeness (QED) is 0.600. The lowest BCUT2D eigenvalue weighted by atomic mass is 10.2. The first-order chi connectivity index (χ1) is 4.84. The van der Waals surface area contributed by atoms with E-state index in [1.807, 2.05) is 25.5 Å². The van der Waals surface area contributed by atoms with E-state index in [2.05, 4.69) is 16.9 Å². The highest BCUT2D eigenvalue weighted by molar-refractivity contribution is 5.81. The van der Waals surface area contributed by atoms with Crippen LogP contribution in [0.1, 0.15) is 18.1 Å². The third-order valence-electron chi connectivity index (χ3n) is 1.41. The van der Waals surface area contributed by atoms with E-state index in [9.17, 15) is 0 Å². The van der Waals surface area contributed by atoms with Crippen molar-refractivity contribution in [2.45, 2.75) is 13.8 Å². The van der Waals surface area contributed by atoms with Crippen molar-refractivity contribution < 1.29 is 0 Å². The van der Waals surface area contributed by atoms with Crippen LogP contribution in [0, 0.1) is 6.92 Å². The van der Waals surface area contributed by atoms with Crippen LogP contribution in [0.5, 0.6) is 0 Å². The summed E-state index contributed by atoms with van der Waals surface area (Å²) in [5.41, 5.74) is 2.43. The van der Waals surface area contributed by atoms with E-state index in [0.29, 0.717) is 0 Å². The van der Waals surface area contributed by atoms with Gasteiger partial charge in [-0.05, 0) is 19.4 Å². The van der Waals surface area contributed by atoms with Crippen LogP contribution in [-0.4, -0.2) is 17.7 Å². The second-order valence-corrected chi connectivity index (χ2v) is 2.22. The molecule has 0 aliphatic heterocycles. The van der Waals surface area contributed by atoms with Gasteiger partial charge in [-0.25, -0.2) is 0 Å². The molecular formula is C8H12N2. The van der Waals surface area contributed by atoms with Crippen molar-refractivity contribution in [3.63, 3.8) is 0 Å². The summed E-state index contributed by atoms with van der Waals surface area (Å²) in [7, 11) is 0. The molecule has 1 rings (SSSR count). The third-order valence-corrected chi connectivity index (χ3v) is 1.41. The van der Waals surface area contributed by atoms with Crippen molar-refractivity contribution in [3.05, 3.63) is 23.5 Å². The molecule has 1 heterocycles. The molecule has 54 valence electrons. The summed E-state index contributed by atoms with van der Waals surface area (Å²) in [4.78, 5) is 7.15. The van der Waals surface area contributed by atoms with E-state index in [0.717, 1.165) is 6.54 Å². The van der Waals surface area contributed by atoms with Crippen LogP contribution in [0.25, 0.3) is 0 Å². The highest BCUT2D eigenvalue weighted by Crippen LogP contribution is 2.01. The summed E-state index contributed by atoms with van der Waals surface area (Å²) in [6.07, 6.45) is 5.82. The maximum atomic E-state index is 4.13. The Hall–Kier alpha value is -1.05. The number of hydrogen-bond donors (Lipinski definition) is 1. The molecule has 0 saturated carbocycles. The van der Waals surface area contributed by atoms with E-state index < -0.39 is 0 Å². The molecule has 1 aromatic rings. The van der Waals surface area contributed by atoms with E-state index in [-0.39, 0.29) is 0 Å². The number of hydrogen-bond acceptors (Lipinski definition) is 1. The molecule has 0 aromatic carbocycles. The van der Waals surface area contributed by atoms with Gasteiger partial charge in [0.25, 0.3) is 0 Å². The maximum Gasteiger partial charge on any atom is 0.0361 e. The lowest BCUT2D eigenvalue weighted by Crippen LogP contribution is -1.80. The minimum absolute atomic E-state index is 0.852. The van der Waals surface area contributed by atoms with Crippen LogP contribution in [-0.2, 0) is 0 Å². The Kier molecular flexibility index (Phi) is 2.26. The Morgan fingerprint density at radius 1 is 1.60 bits per heavy atom. The fourth-order valence-corrected chi connectivity index (χ4v) is 0.782. The Labute approximate surface area is 61.0 Å². The van der Waals surface area contributed by atoms with Crippen molar-refractivity contribution in [1.82, 2.24) is 4.98 Å². The van der Waals surface area contributed by atoms with Crippen LogP contribution in [0.4, 0.5) is 0 Å². The second kappa shape index (κ2) is 3.20. The van der Waals surface area contributed by atoms with E-state index in [1.165, 1.54) is 11.1 Å². The molecule has 1 aromatic heterocycles. The second-order valence-electron chi connectivity index (χ2n) is 2.22. The van der Waals surface area contributed by atoms with Gasteiger partial charge >= 0.3 is 0 Å². The molecule has 2 nitrogen and oxygen atoms in total. The van der Waals surface area contributed by atoms with Gasteiger partial charge in [-0.2, -0.15) is 0 Å². The number of nitrogens with one attached hydrogen (secondary N) is 1. The molecule has 0 amide bonds. The van der Waals surface area contributed by atoms with Crippen LogP contribution in [0.3, 0.4) is 0 Å². The van der Waals surface area contributed by atoms with Crippen molar-refractivity contribution in [3.8, 4) is 0 Å². The average molecular weight is 136 g/mol. The standard InChI is InChI=1S/C8H12N2/c1-3-9-5-8-6-10-4-7(8)2/h4-6,10H,3H2,1-2H3. The van der Waals surface area contributed by atoms with Crippen LogP contribution >= 0.6 is 0 Å². The van der Waals surface area contributed by atoms with E-state index in [1.54, 1.807) is 0 Å². The molecule has 0 spiro atoms. The van der Waals surface area contributed by atoms with Gasteiger partial charge in [0.2, 0.25) is 0 Å². The molecule has 10 heavy (non-hydrogen) atoms. The smallest absolute Gasteiger partial charge is 0.0361 e. The van der Waals surface area contributed by atoms with Gasteiger partial charge in [-0.15, -0.1) is 0 Å². The number of rotatable bonds is 2. The molecule has 0 aliphatic carbocycles. The predicted octanol–water partition coefficient (Wildman–Crippen LogP) is 1.76. The Balaban J connectivity index is 2.74. The zero-order valence-corrected chi connectivity index (χ0v) is 6.39. The summed E-state index contributed by atoms with van der Waals surface area (Å²) in [6.45, 7) is 4.94. The van der Waals surface area contributed by atoms with Crippen LogP contribution in [0.15, 0.2) is 17.4 Å². The van der Waals surface area contributed by atoms with Gasteiger partial charge in [0.1, 0.15) is 0 Å². The number of aliphatic imine (C=N–C) groups is 1. The summed E-state index contributed by atoms with van der Waals surface area (Å²) in [5, 5.41) is 0. The minimum Gasteiger partial charge on any atom is -0.367 e. The summed E-state index contributed by atoms with van der Waals surface area (Å²) >= 11 is 0. The van der Waals surface area contributed by atoms with Crippen molar-refractivity contribution in [1.29, 1.82) is 0 Å². The number of aryl methyl sites for hydroxylation is 1. The fraction of sp³-hybridized carbons (Fsp3) is 0.375. The van der Waals surface area contributed by atoms with Crippen LogP contribution in [0.2, 0.25) is 0 Å². The SMILES string of the molecule is CCN=Cc1c[nH]cc1C. The van der Waals surface area contributed by atoms with Gasteiger partial charge in [-0.1, -0.05) is 0 Å². The summed E-state index contributed by atoms with van der Waals surface area (Å²) < 4.78 is 0. The fourth-order valence-electron chi connectivity index (χ4n) is 0.782. The topological polar surface area (TPSA) is 28.1 Å². The highest BCUT2D eigenvalue weighted by atomic mass is 14.7.